The van der Waals surface area contributed by atoms with Gasteiger partial charge < -0.3 is 10.1 Å². The number of alkyl halides is 3. The number of hydrogen-bond donors (Lipinski definition) is 1. The van der Waals surface area contributed by atoms with Crippen LogP contribution in [0.3, 0.4) is 0 Å². The van der Waals surface area contributed by atoms with E-state index >= 15 is 0 Å². The van der Waals surface area contributed by atoms with Crippen molar-refractivity contribution in [2.24, 2.45) is 0 Å². The molecule has 112 valence electrons. The average Bonchev–Trinajstić information content (AvgIpc) is 2.40. The van der Waals surface area contributed by atoms with Crippen LogP contribution in [-0.4, -0.2) is 6.36 Å². The van der Waals surface area contributed by atoms with Crippen LogP contribution in [0.15, 0.2) is 46.9 Å². The van der Waals surface area contributed by atoms with Gasteiger partial charge in [-0.1, -0.05) is 6.07 Å². The number of rotatable bonds is 4. The maximum Gasteiger partial charge on any atom is 0.573 e. The zero-order valence-electron chi connectivity index (χ0n) is 10.5. The van der Waals surface area contributed by atoms with E-state index in [0.29, 0.717) is 6.54 Å². The predicted molar refractivity (Wildman–Crippen MR) is 87.3 cm³/mol. The van der Waals surface area contributed by atoms with E-state index in [1.165, 1.54) is 6.07 Å². The second-order valence-corrected chi connectivity index (χ2v) is 6.27. The molecule has 0 saturated carbocycles. The average molecular weight is 472 g/mol. The monoisotopic (exact) mass is 471 g/mol. The Kier molecular flexibility index (Phi) is 5.37. The highest BCUT2D eigenvalue weighted by Crippen LogP contribution is 2.31. The summed E-state index contributed by atoms with van der Waals surface area (Å²) in [6.07, 6.45) is -4.69. The van der Waals surface area contributed by atoms with Gasteiger partial charge in [-0.15, -0.1) is 13.2 Å². The van der Waals surface area contributed by atoms with Gasteiger partial charge in [0.25, 0.3) is 0 Å². The highest BCUT2D eigenvalue weighted by Gasteiger charge is 2.31. The number of ether oxygens (including phenoxy) is 1. The van der Waals surface area contributed by atoms with Crippen molar-refractivity contribution in [3.63, 3.8) is 0 Å². The molecular formula is C14H10BrF3INO. The minimum Gasteiger partial charge on any atom is -0.405 e. The van der Waals surface area contributed by atoms with Crippen LogP contribution >= 0.6 is 38.5 Å². The van der Waals surface area contributed by atoms with Gasteiger partial charge in [-0.2, -0.15) is 0 Å². The third-order valence-corrected chi connectivity index (χ3v) is 3.90. The van der Waals surface area contributed by atoms with E-state index in [9.17, 15) is 13.2 Å². The molecule has 0 saturated heterocycles. The highest BCUT2D eigenvalue weighted by atomic mass is 127. The van der Waals surface area contributed by atoms with Gasteiger partial charge in [0.2, 0.25) is 0 Å². The summed E-state index contributed by atoms with van der Waals surface area (Å²) in [7, 11) is 0. The van der Waals surface area contributed by atoms with E-state index in [4.69, 9.17) is 0 Å². The van der Waals surface area contributed by atoms with E-state index in [1.54, 1.807) is 12.1 Å². The van der Waals surface area contributed by atoms with E-state index in [2.05, 4.69) is 48.6 Å². The molecule has 0 aliphatic carbocycles. The molecule has 0 fully saturated rings. The molecule has 0 radical (unpaired) electrons. The molecule has 7 heteroatoms. The van der Waals surface area contributed by atoms with Gasteiger partial charge in [0, 0.05) is 15.8 Å². The van der Waals surface area contributed by atoms with Crippen LogP contribution in [0.2, 0.25) is 0 Å². The lowest BCUT2D eigenvalue weighted by Gasteiger charge is -2.12. The summed E-state index contributed by atoms with van der Waals surface area (Å²) in [6.45, 7) is 0.505. The van der Waals surface area contributed by atoms with Gasteiger partial charge in [0.05, 0.1) is 4.47 Å². The second kappa shape index (κ2) is 6.87. The molecule has 0 spiro atoms. The van der Waals surface area contributed by atoms with Gasteiger partial charge in [-0.05, 0) is 80.5 Å². The van der Waals surface area contributed by atoms with Crippen molar-refractivity contribution in [1.29, 1.82) is 0 Å². The van der Waals surface area contributed by atoms with Crippen LogP contribution in [-0.2, 0) is 6.54 Å². The minimum absolute atomic E-state index is 0.250. The summed E-state index contributed by atoms with van der Waals surface area (Å²) < 4.78 is 41.8. The fourth-order valence-electron chi connectivity index (χ4n) is 1.63. The molecule has 0 bridgehead atoms. The molecule has 2 rings (SSSR count). The third kappa shape index (κ3) is 5.39. The van der Waals surface area contributed by atoms with Crippen LogP contribution < -0.4 is 10.1 Å². The van der Waals surface area contributed by atoms with Crippen LogP contribution in [0.25, 0.3) is 0 Å². The lowest BCUT2D eigenvalue weighted by Crippen LogP contribution is -2.17. The molecular weight excluding hydrogens is 462 g/mol. The Bertz CT molecular complexity index is 617. The molecule has 0 aromatic heterocycles. The standard InChI is InChI=1S/C14H10BrF3INO/c15-12-7-9(1-6-13(12)21-14(16,17)18)8-20-11-4-2-10(19)3-5-11/h1-7,20H,8H2. The van der Waals surface area contributed by atoms with E-state index in [1.807, 2.05) is 24.3 Å². The smallest absolute Gasteiger partial charge is 0.405 e. The number of anilines is 1. The minimum atomic E-state index is -4.69. The zero-order valence-corrected chi connectivity index (χ0v) is 14.3. The molecule has 0 aliphatic rings. The van der Waals surface area contributed by atoms with Crippen LogP contribution in [0.1, 0.15) is 5.56 Å². The normalized spacial score (nSPS) is 11.3. The fourth-order valence-corrected chi connectivity index (χ4v) is 2.50. The number of nitrogens with one attached hydrogen (secondary N) is 1. The Morgan fingerprint density at radius 1 is 1.10 bits per heavy atom. The number of halogens is 5. The van der Waals surface area contributed by atoms with E-state index in [0.717, 1.165) is 14.8 Å². The first kappa shape index (κ1) is 16.4. The maximum atomic E-state index is 12.2. The lowest BCUT2D eigenvalue weighted by atomic mass is 10.2. The summed E-state index contributed by atoms with van der Waals surface area (Å²) in [4.78, 5) is 0. The summed E-state index contributed by atoms with van der Waals surface area (Å²) in [5.74, 6) is -0.250. The molecule has 1 N–H and O–H groups in total. The summed E-state index contributed by atoms with van der Waals surface area (Å²) in [5, 5.41) is 3.20. The molecule has 2 nitrogen and oxygen atoms in total. The highest BCUT2D eigenvalue weighted by molar-refractivity contribution is 14.1. The number of hydrogen-bond acceptors (Lipinski definition) is 2. The zero-order chi connectivity index (χ0) is 15.5. The van der Waals surface area contributed by atoms with Crippen molar-refractivity contribution in [3.8, 4) is 5.75 Å². The largest absolute Gasteiger partial charge is 0.573 e. The third-order valence-electron chi connectivity index (χ3n) is 2.56. The van der Waals surface area contributed by atoms with Crippen molar-refractivity contribution in [2.45, 2.75) is 12.9 Å². The molecule has 0 atom stereocenters. The molecule has 2 aromatic carbocycles. The summed E-state index contributed by atoms with van der Waals surface area (Å²) >= 11 is 5.30. The molecule has 2 aromatic rings. The molecule has 0 heterocycles. The van der Waals surface area contributed by atoms with Crippen LogP contribution in [0, 0.1) is 3.57 Å². The van der Waals surface area contributed by atoms with Gasteiger partial charge in [-0.3, -0.25) is 0 Å². The van der Waals surface area contributed by atoms with Crippen molar-refractivity contribution < 1.29 is 17.9 Å². The molecule has 0 unspecified atom stereocenters. The Morgan fingerprint density at radius 3 is 2.33 bits per heavy atom. The van der Waals surface area contributed by atoms with Crippen LogP contribution in [0.4, 0.5) is 18.9 Å². The molecule has 21 heavy (non-hydrogen) atoms. The van der Waals surface area contributed by atoms with Gasteiger partial charge in [0.15, 0.2) is 0 Å². The van der Waals surface area contributed by atoms with Crippen molar-refractivity contribution in [3.05, 3.63) is 56.1 Å². The first-order valence-electron chi connectivity index (χ1n) is 5.87. The molecule has 0 aliphatic heterocycles. The maximum absolute atomic E-state index is 12.2. The van der Waals surface area contributed by atoms with Crippen molar-refractivity contribution in [1.82, 2.24) is 0 Å². The first-order chi connectivity index (χ1) is 9.83. The van der Waals surface area contributed by atoms with E-state index < -0.39 is 6.36 Å². The van der Waals surface area contributed by atoms with Crippen LogP contribution in [0.5, 0.6) is 5.75 Å². The first-order valence-corrected chi connectivity index (χ1v) is 7.74. The lowest BCUT2D eigenvalue weighted by molar-refractivity contribution is -0.274. The Labute approximate surface area is 142 Å². The summed E-state index contributed by atoms with van der Waals surface area (Å²) in [5.41, 5.74) is 1.79. The number of benzene rings is 2. The SMILES string of the molecule is FC(F)(F)Oc1ccc(CNc2ccc(I)cc2)cc1Br. The van der Waals surface area contributed by atoms with Gasteiger partial charge in [-0.25, -0.2) is 0 Å². The Balaban J connectivity index is 2.01. The second-order valence-electron chi connectivity index (χ2n) is 4.17. The van der Waals surface area contributed by atoms with Gasteiger partial charge in [0.1, 0.15) is 5.75 Å². The van der Waals surface area contributed by atoms with Gasteiger partial charge >= 0.3 is 6.36 Å². The fraction of sp³-hybridized carbons (Fsp3) is 0.143. The Morgan fingerprint density at radius 2 is 1.76 bits per heavy atom. The predicted octanol–water partition coefficient (Wildman–Crippen LogP) is 5.56. The van der Waals surface area contributed by atoms with Crippen molar-refractivity contribution in [2.75, 3.05) is 5.32 Å². The Hall–Kier alpha value is -0.960. The topological polar surface area (TPSA) is 21.3 Å². The van der Waals surface area contributed by atoms with E-state index in [-0.39, 0.29) is 10.2 Å². The quantitative estimate of drug-likeness (QED) is 0.589. The summed E-state index contributed by atoms with van der Waals surface area (Å²) in [6, 6.07) is 12.3. The van der Waals surface area contributed by atoms with Crippen molar-refractivity contribution >= 4 is 44.2 Å². The molecule has 0 amide bonds.